The van der Waals surface area contributed by atoms with Gasteiger partial charge in [0.1, 0.15) is 5.75 Å². The first-order valence-corrected chi connectivity index (χ1v) is 9.20. The van der Waals surface area contributed by atoms with Gasteiger partial charge in [-0.15, -0.1) is 0 Å². The lowest BCUT2D eigenvalue weighted by Gasteiger charge is -2.05. The van der Waals surface area contributed by atoms with Crippen molar-refractivity contribution in [2.24, 2.45) is 5.10 Å². The Morgan fingerprint density at radius 3 is 2.78 bits per heavy atom. The van der Waals surface area contributed by atoms with Crippen molar-refractivity contribution in [3.05, 3.63) is 50.4 Å². The van der Waals surface area contributed by atoms with Gasteiger partial charge < -0.3 is 19.9 Å². The third kappa shape index (κ3) is 4.77. The predicted octanol–water partition coefficient (Wildman–Crippen LogP) is 2.53. The Hall–Kier alpha value is -2.59. The lowest BCUT2D eigenvalue weighted by atomic mass is 10.2. The maximum atomic E-state index is 12.1. The van der Waals surface area contributed by atoms with E-state index in [1.165, 1.54) is 6.21 Å². The number of hydrazone groups is 1. The Morgan fingerprint density at radius 2 is 1.96 bits per heavy atom. The number of amides is 2. The second-order valence-corrected chi connectivity index (χ2v) is 7.14. The number of carbonyl (C=O) groups is 2. The molecule has 3 N–H and O–H groups in total. The first kappa shape index (κ1) is 19.2. The van der Waals surface area contributed by atoms with Gasteiger partial charge in [0.2, 0.25) is 6.79 Å². The molecule has 8 nitrogen and oxygen atoms in total. The zero-order valence-electron chi connectivity index (χ0n) is 13.7. The third-order valence-electron chi connectivity index (χ3n) is 3.49. The van der Waals surface area contributed by atoms with E-state index in [1.807, 2.05) is 0 Å². The molecule has 0 aromatic heterocycles. The van der Waals surface area contributed by atoms with E-state index in [0.29, 0.717) is 27.1 Å². The smallest absolute Gasteiger partial charge is 0.259 e. The molecule has 0 fully saturated rings. The van der Waals surface area contributed by atoms with Crippen LogP contribution in [0.15, 0.2) is 44.4 Å². The molecule has 1 heterocycles. The summed E-state index contributed by atoms with van der Waals surface area (Å²) in [6.07, 6.45) is 1.29. The van der Waals surface area contributed by atoms with Crippen molar-refractivity contribution >= 4 is 49.9 Å². The molecule has 0 saturated carbocycles. The Labute approximate surface area is 170 Å². The number of aromatic hydroxyl groups is 1. The number of hydrogen-bond acceptors (Lipinski definition) is 6. The zero-order valence-corrected chi connectivity index (χ0v) is 16.8. The highest BCUT2D eigenvalue weighted by molar-refractivity contribution is 9.11. The molecule has 27 heavy (non-hydrogen) atoms. The number of rotatable bonds is 5. The summed E-state index contributed by atoms with van der Waals surface area (Å²) in [5, 5.41) is 16.2. The van der Waals surface area contributed by atoms with Crippen LogP contribution in [0.5, 0.6) is 17.2 Å². The Balaban J connectivity index is 1.52. The van der Waals surface area contributed by atoms with Crippen LogP contribution in [-0.4, -0.2) is 36.5 Å². The fourth-order valence-corrected chi connectivity index (χ4v) is 3.46. The minimum atomic E-state index is -0.520. The Bertz CT molecular complexity index is 933. The molecular formula is C17H13Br2N3O5. The topological polar surface area (TPSA) is 109 Å². The summed E-state index contributed by atoms with van der Waals surface area (Å²) in [5.74, 6) is 0.0972. The van der Waals surface area contributed by atoms with E-state index in [1.54, 1.807) is 30.3 Å². The van der Waals surface area contributed by atoms with Gasteiger partial charge in [-0.3, -0.25) is 9.59 Å². The molecular weight excluding hydrogens is 486 g/mol. The molecule has 3 rings (SSSR count). The number of carbonyl (C=O) groups excluding carboxylic acids is 2. The number of phenols is 1. The van der Waals surface area contributed by atoms with Crippen molar-refractivity contribution in [2.45, 2.75) is 0 Å². The average Bonchev–Trinajstić information content (AvgIpc) is 3.11. The summed E-state index contributed by atoms with van der Waals surface area (Å²) in [7, 11) is 0. The van der Waals surface area contributed by atoms with E-state index in [-0.39, 0.29) is 19.1 Å². The summed E-state index contributed by atoms with van der Waals surface area (Å²) in [6, 6.07) is 8.06. The van der Waals surface area contributed by atoms with E-state index < -0.39 is 11.8 Å². The fourth-order valence-electron chi connectivity index (χ4n) is 2.20. The van der Waals surface area contributed by atoms with Gasteiger partial charge >= 0.3 is 0 Å². The van der Waals surface area contributed by atoms with Crippen LogP contribution in [0, 0.1) is 0 Å². The van der Waals surface area contributed by atoms with Crippen LogP contribution >= 0.6 is 31.9 Å². The van der Waals surface area contributed by atoms with Gasteiger partial charge in [-0.05, 0) is 46.3 Å². The quantitative estimate of drug-likeness (QED) is 0.433. The number of ether oxygens (including phenoxy) is 2. The van der Waals surface area contributed by atoms with Crippen molar-refractivity contribution < 1.29 is 24.2 Å². The third-order valence-corrected chi connectivity index (χ3v) is 4.56. The summed E-state index contributed by atoms with van der Waals surface area (Å²) in [4.78, 5) is 23.9. The van der Waals surface area contributed by atoms with Gasteiger partial charge in [-0.1, -0.05) is 15.9 Å². The molecule has 0 aliphatic carbocycles. The average molecular weight is 499 g/mol. The summed E-state index contributed by atoms with van der Waals surface area (Å²) < 4.78 is 11.6. The molecule has 0 spiro atoms. The molecule has 0 unspecified atom stereocenters. The molecule has 1 aliphatic rings. The van der Waals surface area contributed by atoms with E-state index >= 15 is 0 Å². The predicted molar refractivity (Wildman–Crippen MR) is 104 cm³/mol. The second-order valence-electron chi connectivity index (χ2n) is 5.37. The molecule has 0 atom stereocenters. The van der Waals surface area contributed by atoms with Crippen molar-refractivity contribution in [3.63, 3.8) is 0 Å². The Morgan fingerprint density at radius 1 is 1.19 bits per heavy atom. The van der Waals surface area contributed by atoms with Gasteiger partial charge in [0.25, 0.3) is 11.8 Å². The fraction of sp³-hybridized carbons (Fsp3) is 0.118. The molecule has 0 radical (unpaired) electrons. The standard InChI is InChI=1S/C17H13Br2N3O5/c18-11-3-10(16(24)12(19)5-11)6-21-22-15(23)7-20-17(25)9-1-2-13-14(4-9)27-8-26-13/h1-6,24H,7-8H2,(H,20,25)(H,22,23). The lowest BCUT2D eigenvalue weighted by Crippen LogP contribution is -2.34. The highest BCUT2D eigenvalue weighted by atomic mass is 79.9. The van der Waals surface area contributed by atoms with Gasteiger partial charge in [-0.25, -0.2) is 5.43 Å². The molecule has 140 valence electrons. The maximum Gasteiger partial charge on any atom is 0.259 e. The largest absolute Gasteiger partial charge is 0.506 e. The monoisotopic (exact) mass is 497 g/mol. The van der Waals surface area contributed by atoms with Crippen LogP contribution in [0.1, 0.15) is 15.9 Å². The summed E-state index contributed by atoms with van der Waals surface area (Å²) in [6.45, 7) is -0.149. The number of phenolic OH excluding ortho intramolecular Hbond substituents is 1. The summed E-state index contributed by atoms with van der Waals surface area (Å²) >= 11 is 6.50. The summed E-state index contributed by atoms with van der Waals surface area (Å²) in [5.41, 5.74) is 3.03. The number of nitrogens with one attached hydrogen (secondary N) is 2. The molecule has 2 aromatic carbocycles. The minimum Gasteiger partial charge on any atom is -0.506 e. The van der Waals surface area contributed by atoms with Crippen LogP contribution in [0.2, 0.25) is 0 Å². The van der Waals surface area contributed by atoms with Gasteiger partial charge in [0.15, 0.2) is 11.5 Å². The number of nitrogens with zero attached hydrogens (tertiary/aromatic N) is 1. The van der Waals surface area contributed by atoms with Gasteiger partial charge in [0, 0.05) is 15.6 Å². The van der Waals surface area contributed by atoms with Crippen LogP contribution in [0.3, 0.4) is 0 Å². The first-order chi connectivity index (χ1) is 12.9. The van der Waals surface area contributed by atoms with Gasteiger partial charge in [-0.2, -0.15) is 5.10 Å². The molecule has 10 heteroatoms. The number of benzene rings is 2. The number of halogens is 2. The van der Waals surface area contributed by atoms with E-state index in [9.17, 15) is 14.7 Å². The van der Waals surface area contributed by atoms with Crippen molar-refractivity contribution in [2.75, 3.05) is 13.3 Å². The maximum absolute atomic E-state index is 12.1. The van der Waals surface area contributed by atoms with E-state index in [2.05, 4.69) is 47.7 Å². The second kappa shape index (κ2) is 8.40. The van der Waals surface area contributed by atoms with Crippen molar-refractivity contribution in [3.8, 4) is 17.2 Å². The molecule has 0 bridgehead atoms. The molecule has 1 aliphatic heterocycles. The van der Waals surface area contributed by atoms with Crippen LogP contribution in [-0.2, 0) is 4.79 Å². The molecule has 2 amide bonds. The molecule has 0 saturated heterocycles. The van der Waals surface area contributed by atoms with Gasteiger partial charge in [0.05, 0.1) is 17.2 Å². The SMILES string of the molecule is O=C(CNC(=O)c1ccc2c(c1)OCO2)NN=Cc1cc(Br)cc(Br)c1O. The number of fused-ring (bicyclic) bond motifs is 1. The first-order valence-electron chi connectivity index (χ1n) is 7.62. The van der Waals surface area contributed by atoms with Crippen molar-refractivity contribution in [1.82, 2.24) is 10.7 Å². The van der Waals surface area contributed by atoms with E-state index in [4.69, 9.17) is 9.47 Å². The highest BCUT2D eigenvalue weighted by Crippen LogP contribution is 2.32. The minimum absolute atomic E-state index is 0.00712. The highest BCUT2D eigenvalue weighted by Gasteiger charge is 2.16. The van der Waals surface area contributed by atoms with Crippen LogP contribution in [0.25, 0.3) is 0 Å². The zero-order chi connectivity index (χ0) is 19.4. The lowest BCUT2D eigenvalue weighted by molar-refractivity contribution is -0.120. The van der Waals surface area contributed by atoms with Crippen LogP contribution in [0.4, 0.5) is 0 Å². The van der Waals surface area contributed by atoms with E-state index in [0.717, 1.165) is 4.47 Å². The van der Waals surface area contributed by atoms with Crippen molar-refractivity contribution in [1.29, 1.82) is 0 Å². The normalized spacial score (nSPS) is 12.2. The molecule has 2 aromatic rings. The number of hydrogen-bond donors (Lipinski definition) is 3. The Kier molecular flexibility index (Phi) is 5.97. The van der Waals surface area contributed by atoms with Crippen LogP contribution < -0.4 is 20.2 Å².